The molecule has 0 bridgehead atoms. The lowest BCUT2D eigenvalue weighted by atomic mass is 10.2. The SMILES string of the molecule is CCN1CN(C(=O)NCC(C)c2ncc(C)s2)CC1=O. The van der Waals surface area contributed by atoms with Crippen molar-refractivity contribution in [1.82, 2.24) is 20.1 Å². The molecule has 6 nitrogen and oxygen atoms in total. The number of aromatic nitrogens is 1. The van der Waals surface area contributed by atoms with E-state index in [1.54, 1.807) is 16.2 Å². The molecular weight excluding hydrogens is 276 g/mol. The first kappa shape index (κ1) is 14.8. The summed E-state index contributed by atoms with van der Waals surface area (Å²) in [7, 11) is 0. The first-order valence-electron chi connectivity index (χ1n) is 6.74. The molecular formula is C13H20N4O2S. The summed E-state index contributed by atoms with van der Waals surface area (Å²) >= 11 is 1.65. The number of nitrogens with zero attached hydrogens (tertiary/aromatic N) is 3. The molecule has 0 saturated carbocycles. The van der Waals surface area contributed by atoms with E-state index >= 15 is 0 Å². The number of amides is 3. The van der Waals surface area contributed by atoms with Crippen molar-refractivity contribution in [3.63, 3.8) is 0 Å². The summed E-state index contributed by atoms with van der Waals surface area (Å²) in [5.74, 6) is 0.185. The van der Waals surface area contributed by atoms with Gasteiger partial charge in [-0.3, -0.25) is 9.69 Å². The first-order chi connectivity index (χ1) is 9.51. The highest BCUT2D eigenvalue weighted by atomic mass is 32.1. The van der Waals surface area contributed by atoms with Crippen LogP contribution >= 0.6 is 11.3 Å². The molecule has 1 aliphatic rings. The van der Waals surface area contributed by atoms with Gasteiger partial charge >= 0.3 is 6.03 Å². The van der Waals surface area contributed by atoms with Crippen molar-refractivity contribution < 1.29 is 9.59 Å². The van der Waals surface area contributed by atoms with Crippen LogP contribution in [-0.4, -0.2) is 53.0 Å². The van der Waals surface area contributed by atoms with E-state index in [0.29, 0.717) is 19.8 Å². The Bertz CT molecular complexity index is 502. The summed E-state index contributed by atoms with van der Waals surface area (Å²) in [5.41, 5.74) is 0. The van der Waals surface area contributed by atoms with Gasteiger partial charge in [-0.15, -0.1) is 11.3 Å². The van der Waals surface area contributed by atoms with Gasteiger partial charge < -0.3 is 10.2 Å². The molecule has 7 heteroatoms. The number of thiazole rings is 1. The molecule has 1 unspecified atom stereocenters. The molecule has 110 valence electrons. The van der Waals surface area contributed by atoms with E-state index in [-0.39, 0.29) is 24.4 Å². The summed E-state index contributed by atoms with van der Waals surface area (Å²) in [4.78, 5) is 32.3. The highest BCUT2D eigenvalue weighted by Crippen LogP contribution is 2.20. The highest BCUT2D eigenvalue weighted by Gasteiger charge is 2.29. The summed E-state index contributed by atoms with van der Waals surface area (Å²) in [5, 5.41) is 3.90. The van der Waals surface area contributed by atoms with E-state index in [1.165, 1.54) is 9.78 Å². The van der Waals surface area contributed by atoms with E-state index in [1.807, 2.05) is 27.0 Å². The maximum atomic E-state index is 12.0. The highest BCUT2D eigenvalue weighted by molar-refractivity contribution is 7.11. The van der Waals surface area contributed by atoms with Crippen molar-refractivity contribution >= 4 is 23.3 Å². The van der Waals surface area contributed by atoms with Gasteiger partial charge in [0.1, 0.15) is 6.54 Å². The molecule has 1 saturated heterocycles. The molecule has 2 heterocycles. The Morgan fingerprint density at radius 1 is 1.60 bits per heavy atom. The third-order valence-electron chi connectivity index (χ3n) is 3.31. The van der Waals surface area contributed by atoms with Crippen LogP contribution in [0.15, 0.2) is 6.20 Å². The Balaban J connectivity index is 1.82. The molecule has 0 aromatic carbocycles. The largest absolute Gasteiger partial charge is 0.337 e. The number of carbonyl (C=O) groups is 2. The zero-order chi connectivity index (χ0) is 14.7. The Hall–Kier alpha value is -1.63. The first-order valence-corrected chi connectivity index (χ1v) is 7.55. The van der Waals surface area contributed by atoms with Crippen molar-refractivity contribution in [2.24, 2.45) is 0 Å². The molecule has 1 aliphatic heterocycles. The van der Waals surface area contributed by atoms with E-state index in [0.717, 1.165) is 5.01 Å². The maximum absolute atomic E-state index is 12.0. The second kappa shape index (κ2) is 6.21. The molecule has 0 spiro atoms. The fraction of sp³-hybridized carbons (Fsp3) is 0.615. The smallest absolute Gasteiger partial charge is 0.319 e. The standard InChI is InChI=1S/C13H20N4O2S/c1-4-16-8-17(7-11(16)18)13(19)15-5-9(2)12-14-6-10(3)20-12/h6,9H,4-5,7-8H2,1-3H3,(H,15,19). The summed E-state index contributed by atoms with van der Waals surface area (Å²) < 4.78 is 0. The van der Waals surface area contributed by atoms with E-state index in [9.17, 15) is 9.59 Å². The lowest BCUT2D eigenvalue weighted by molar-refractivity contribution is -0.126. The summed E-state index contributed by atoms with van der Waals surface area (Å²) in [6.07, 6.45) is 1.84. The van der Waals surface area contributed by atoms with Crippen LogP contribution < -0.4 is 5.32 Å². The number of urea groups is 1. The zero-order valence-electron chi connectivity index (χ0n) is 12.0. The van der Waals surface area contributed by atoms with Gasteiger partial charge in [-0.1, -0.05) is 6.92 Å². The Labute approximate surface area is 122 Å². The van der Waals surface area contributed by atoms with Gasteiger partial charge in [0.2, 0.25) is 5.91 Å². The number of carbonyl (C=O) groups excluding carboxylic acids is 2. The predicted octanol–water partition coefficient (Wildman–Crippen LogP) is 1.39. The molecule has 20 heavy (non-hydrogen) atoms. The number of hydrogen-bond acceptors (Lipinski definition) is 4. The fourth-order valence-electron chi connectivity index (χ4n) is 2.05. The van der Waals surface area contributed by atoms with Gasteiger partial charge in [0.25, 0.3) is 0 Å². The lowest BCUT2D eigenvalue weighted by Crippen LogP contribution is -2.40. The third kappa shape index (κ3) is 3.27. The molecule has 3 amide bonds. The third-order valence-corrected chi connectivity index (χ3v) is 4.45. The maximum Gasteiger partial charge on any atom is 0.319 e. The molecule has 1 fully saturated rings. The number of hydrogen-bond donors (Lipinski definition) is 1. The van der Waals surface area contributed by atoms with Crippen LogP contribution in [0.4, 0.5) is 4.79 Å². The number of likely N-dealkylation sites (N-methyl/N-ethyl adjacent to an activating group) is 1. The van der Waals surface area contributed by atoms with Gasteiger partial charge in [-0.25, -0.2) is 9.78 Å². The predicted molar refractivity (Wildman–Crippen MR) is 77.6 cm³/mol. The zero-order valence-corrected chi connectivity index (χ0v) is 12.9. The van der Waals surface area contributed by atoms with E-state index < -0.39 is 0 Å². The Morgan fingerprint density at radius 2 is 2.35 bits per heavy atom. The summed E-state index contributed by atoms with van der Waals surface area (Å²) in [6, 6.07) is -0.186. The number of nitrogens with one attached hydrogen (secondary N) is 1. The van der Waals surface area contributed by atoms with Crippen molar-refractivity contribution in [2.45, 2.75) is 26.7 Å². The van der Waals surface area contributed by atoms with Gasteiger partial charge in [-0.05, 0) is 13.8 Å². The van der Waals surface area contributed by atoms with Crippen molar-refractivity contribution in [2.75, 3.05) is 26.3 Å². The molecule has 1 atom stereocenters. The molecule has 0 aliphatic carbocycles. The van der Waals surface area contributed by atoms with E-state index in [4.69, 9.17) is 0 Å². The van der Waals surface area contributed by atoms with Crippen LogP contribution in [0.3, 0.4) is 0 Å². The van der Waals surface area contributed by atoms with Crippen molar-refractivity contribution in [1.29, 1.82) is 0 Å². The minimum Gasteiger partial charge on any atom is -0.337 e. The normalized spacial score (nSPS) is 16.6. The average Bonchev–Trinajstić information content (AvgIpc) is 3.01. The molecule has 1 N–H and O–H groups in total. The minimum atomic E-state index is -0.186. The van der Waals surface area contributed by atoms with Crippen LogP contribution in [0.1, 0.15) is 29.7 Å². The molecule has 1 aromatic heterocycles. The second-order valence-electron chi connectivity index (χ2n) is 4.99. The van der Waals surface area contributed by atoms with Gasteiger partial charge in [0.05, 0.1) is 11.7 Å². The van der Waals surface area contributed by atoms with Crippen LogP contribution in [0.2, 0.25) is 0 Å². The Kier molecular flexibility index (Phi) is 4.59. The van der Waals surface area contributed by atoms with Crippen molar-refractivity contribution in [3.8, 4) is 0 Å². The van der Waals surface area contributed by atoms with Gasteiger partial charge in [-0.2, -0.15) is 0 Å². The van der Waals surface area contributed by atoms with Crippen LogP contribution in [0, 0.1) is 6.92 Å². The van der Waals surface area contributed by atoms with Gasteiger partial charge in [0, 0.05) is 30.1 Å². The number of rotatable bonds is 4. The molecule has 0 radical (unpaired) electrons. The van der Waals surface area contributed by atoms with Gasteiger partial charge in [0.15, 0.2) is 0 Å². The monoisotopic (exact) mass is 296 g/mol. The average molecular weight is 296 g/mol. The Morgan fingerprint density at radius 3 is 2.90 bits per heavy atom. The van der Waals surface area contributed by atoms with Crippen molar-refractivity contribution in [3.05, 3.63) is 16.1 Å². The lowest BCUT2D eigenvalue weighted by Gasteiger charge is -2.18. The fourth-order valence-corrected chi connectivity index (χ4v) is 2.88. The topological polar surface area (TPSA) is 65.5 Å². The molecule has 1 aromatic rings. The molecule has 2 rings (SSSR count). The second-order valence-corrected chi connectivity index (χ2v) is 6.25. The van der Waals surface area contributed by atoms with Crippen LogP contribution in [-0.2, 0) is 4.79 Å². The number of aryl methyl sites for hydroxylation is 1. The van der Waals surface area contributed by atoms with Crippen LogP contribution in [0.25, 0.3) is 0 Å². The summed E-state index contributed by atoms with van der Waals surface area (Å²) in [6.45, 7) is 7.68. The quantitative estimate of drug-likeness (QED) is 0.913. The minimum absolute atomic E-state index is 0.00578. The van der Waals surface area contributed by atoms with Crippen LogP contribution in [0.5, 0.6) is 0 Å². The van der Waals surface area contributed by atoms with E-state index in [2.05, 4.69) is 10.3 Å².